The van der Waals surface area contributed by atoms with Crippen molar-refractivity contribution in [3.63, 3.8) is 0 Å². The third-order valence-corrected chi connectivity index (χ3v) is 7.89. The predicted octanol–water partition coefficient (Wildman–Crippen LogP) is 8.70. The second-order valence-corrected chi connectivity index (χ2v) is 11.9. The number of nitrogens with zero attached hydrogens (tertiary/aromatic N) is 4. The number of benzene rings is 2. The molecule has 2 aromatic carbocycles. The summed E-state index contributed by atoms with van der Waals surface area (Å²) in [6.07, 6.45) is -0.349. The summed E-state index contributed by atoms with van der Waals surface area (Å²) >= 11 is 0. The normalized spacial score (nSPS) is 14.6. The van der Waals surface area contributed by atoms with Crippen LogP contribution in [0.15, 0.2) is 42.6 Å². The number of halogens is 5. The molecule has 0 spiro atoms. The molecule has 0 aliphatic carbocycles. The Kier molecular flexibility index (Phi) is 8.51. The fourth-order valence-corrected chi connectivity index (χ4v) is 5.74. The van der Waals surface area contributed by atoms with E-state index < -0.39 is 29.4 Å². The highest BCUT2D eigenvalue weighted by Crippen LogP contribution is 2.42. The lowest BCUT2D eigenvalue weighted by molar-refractivity contribution is -0.117. The van der Waals surface area contributed by atoms with Gasteiger partial charge in [-0.25, -0.2) is 31.9 Å². The first kappa shape index (κ1) is 31.2. The molecule has 44 heavy (non-hydrogen) atoms. The highest BCUT2D eigenvalue weighted by molar-refractivity contribution is 6.03. The van der Waals surface area contributed by atoms with Crippen LogP contribution in [0.1, 0.15) is 58.1 Å². The van der Waals surface area contributed by atoms with Gasteiger partial charge in [0.05, 0.1) is 27.8 Å². The van der Waals surface area contributed by atoms with Crippen LogP contribution in [0.25, 0.3) is 22.0 Å². The molecule has 1 N–H and O–H groups in total. The van der Waals surface area contributed by atoms with Crippen molar-refractivity contribution < 1.29 is 26.7 Å². The van der Waals surface area contributed by atoms with Crippen LogP contribution in [0.5, 0.6) is 0 Å². The van der Waals surface area contributed by atoms with Crippen LogP contribution in [0.3, 0.4) is 0 Å². The van der Waals surface area contributed by atoms with Crippen molar-refractivity contribution in [2.24, 2.45) is 5.41 Å². The number of rotatable bonds is 9. The van der Waals surface area contributed by atoms with Crippen molar-refractivity contribution in [1.82, 2.24) is 9.97 Å². The molecule has 11 heteroatoms. The number of aromatic nitrogens is 2. The van der Waals surface area contributed by atoms with Crippen molar-refractivity contribution >= 4 is 39.8 Å². The largest absolute Gasteiger partial charge is 0.357 e. The fraction of sp³-hybridized carbons (Fsp3) is 0.364. The molecule has 1 amide bonds. The van der Waals surface area contributed by atoms with E-state index >= 15 is 4.39 Å². The third-order valence-electron chi connectivity index (χ3n) is 7.89. The van der Waals surface area contributed by atoms with E-state index in [0.29, 0.717) is 42.3 Å². The summed E-state index contributed by atoms with van der Waals surface area (Å²) in [4.78, 5) is 25.7. The van der Waals surface area contributed by atoms with Gasteiger partial charge in [-0.15, -0.1) is 0 Å². The Morgan fingerprint density at radius 1 is 1.07 bits per heavy atom. The van der Waals surface area contributed by atoms with Gasteiger partial charge in [0, 0.05) is 61.6 Å². The number of carbonyl (C=O) groups is 1. The lowest BCUT2D eigenvalue weighted by atomic mass is 9.93. The van der Waals surface area contributed by atoms with E-state index in [9.17, 15) is 22.4 Å². The number of amides is 1. The van der Waals surface area contributed by atoms with E-state index in [1.807, 2.05) is 32.6 Å². The molecule has 0 bridgehead atoms. The Balaban J connectivity index is 1.74. The first-order valence-electron chi connectivity index (χ1n) is 14.5. The van der Waals surface area contributed by atoms with Crippen LogP contribution >= 0.6 is 0 Å². The second-order valence-electron chi connectivity index (χ2n) is 11.9. The Bertz CT molecular complexity index is 1740. The number of carbonyl (C=O) groups excluding carboxylic acids is 1. The Labute approximate surface area is 252 Å². The molecule has 6 nitrogen and oxygen atoms in total. The maximum Gasteiger partial charge on any atom is 0.266 e. The van der Waals surface area contributed by atoms with Gasteiger partial charge in [0.15, 0.2) is 0 Å². The molecule has 5 rings (SSSR count). The summed E-state index contributed by atoms with van der Waals surface area (Å²) in [5.41, 5.74) is 0.653. The topological polar surface area (TPSA) is 61.4 Å². The summed E-state index contributed by atoms with van der Waals surface area (Å²) in [5, 5.41) is 3.29. The minimum atomic E-state index is -2.99. The van der Waals surface area contributed by atoms with Crippen molar-refractivity contribution in [3.8, 4) is 11.1 Å². The monoisotopic (exact) mass is 611 g/mol. The van der Waals surface area contributed by atoms with E-state index in [-0.39, 0.29) is 45.7 Å². The average Bonchev–Trinajstić information content (AvgIpc) is 3.23. The maximum absolute atomic E-state index is 15.5. The number of pyridine rings is 2. The molecule has 4 aromatic rings. The van der Waals surface area contributed by atoms with E-state index in [1.54, 1.807) is 13.0 Å². The molecule has 0 unspecified atom stereocenters. The smallest absolute Gasteiger partial charge is 0.266 e. The van der Waals surface area contributed by atoms with Crippen molar-refractivity contribution in [2.45, 2.75) is 53.9 Å². The second kappa shape index (κ2) is 12.0. The zero-order valence-corrected chi connectivity index (χ0v) is 25.2. The molecule has 1 aliphatic rings. The van der Waals surface area contributed by atoms with Gasteiger partial charge in [0.1, 0.15) is 29.1 Å². The molecule has 1 aliphatic heterocycles. The first-order chi connectivity index (χ1) is 20.8. The minimum absolute atomic E-state index is 0.00278. The number of nitrogens with one attached hydrogen (secondary N) is 1. The number of alkyl halides is 2. The van der Waals surface area contributed by atoms with Gasteiger partial charge in [0.25, 0.3) is 6.43 Å². The van der Waals surface area contributed by atoms with Gasteiger partial charge in [-0.05, 0) is 43.4 Å². The summed E-state index contributed by atoms with van der Waals surface area (Å²) in [7, 11) is 0. The molecule has 1 fully saturated rings. The van der Waals surface area contributed by atoms with Crippen LogP contribution in [-0.4, -0.2) is 35.5 Å². The van der Waals surface area contributed by atoms with Gasteiger partial charge in [-0.2, -0.15) is 0 Å². The van der Waals surface area contributed by atoms with Crippen LogP contribution in [-0.2, 0) is 4.79 Å². The lowest BCUT2D eigenvalue weighted by Crippen LogP contribution is -2.28. The molecule has 0 radical (unpaired) electrons. The summed E-state index contributed by atoms with van der Waals surface area (Å²) in [6, 6.07) is 7.00. The molecule has 2 aromatic heterocycles. The third kappa shape index (κ3) is 5.92. The summed E-state index contributed by atoms with van der Waals surface area (Å²) in [5.74, 6) is -2.06. The van der Waals surface area contributed by atoms with E-state index in [0.717, 1.165) is 30.7 Å². The lowest BCUT2D eigenvalue weighted by Gasteiger charge is -2.25. The van der Waals surface area contributed by atoms with Crippen molar-refractivity contribution in [2.75, 3.05) is 34.8 Å². The Morgan fingerprint density at radius 2 is 1.82 bits per heavy atom. The van der Waals surface area contributed by atoms with Crippen molar-refractivity contribution in [1.29, 1.82) is 0 Å². The quantitative estimate of drug-likeness (QED) is 0.192. The Hall–Kier alpha value is -4.28. The zero-order valence-electron chi connectivity index (χ0n) is 25.2. The predicted molar refractivity (Wildman–Crippen MR) is 163 cm³/mol. The number of fused-ring (bicyclic) bond motifs is 1. The maximum atomic E-state index is 15.5. The van der Waals surface area contributed by atoms with Gasteiger partial charge < -0.3 is 10.2 Å². The number of hydrogen-bond acceptors (Lipinski definition) is 5. The van der Waals surface area contributed by atoms with Crippen LogP contribution < -0.4 is 15.1 Å². The fourth-order valence-electron chi connectivity index (χ4n) is 5.74. The minimum Gasteiger partial charge on any atom is -0.357 e. The summed E-state index contributed by atoms with van der Waals surface area (Å²) < 4.78 is 71.3. The van der Waals surface area contributed by atoms with Crippen LogP contribution in [0, 0.1) is 29.8 Å². The molecule has 1 saturated heterocycles. The van der Waals surface area contributed by atoms with Crippen LogP contribution in [0.4, 0.5) is 45.0 Å². The molecule has 3 heterocycles. The number of anilines is 4. The van der Waals surface area contributed by atoms with Gasteiger partial charge >= 0.3 is 0 Å². The molecule has 0 atom stereocenters. The van der Waals surface area contributed by atoms with Crippen molar-refractivity contribution in [3.05, 3.63) is 71.2 Å². The van der Waals surface area contributed by atoms with E-state index in [2.05, 4.69) is 15.3 Å². The highest BCUT2D eigenvalue weighted by Gasteiger charge is 2.38. The summed E-state index contributed by atoms with van der Waals surface area (Å²) in [6.45, 7) is 11.3. The Morgan fingerprint density at radius 3 is 2.43 bits per heavy atom. The molecular weight excluding hydrogens is 577 g/mol. The molecule has 232 valence electrons. The highest BCUT2D eigenvalue weighted by atomic mass is 19.3. The molecular formula is C33H34F5N5O. The van der Waals surface area contributed by atoms with Gasteiger partial charge in [-0.3, -0.25) is 9.69 Å². The standard InChI is InChI=1S/C33H34F5N5O/c1-6-10-42(7-2)27-14-25(22(16-39-27)19-8-9-21(31(37)38)23(35)11-19)40-30-18(3)32(43-17-33(4,5)15-28(43)44)41-26-13-20(34)12-24(36)29(26)30/h8-9,11-14,16,31H,6-7,10,15,17H2,1-5H3,(H,39,40,41). The number of hydrogen-bond donors (Lipinski definition) is 1. The van der Waals surface area contributed by atoms with Gasteiger partial charge in [0.2, 0.25) is 5.91 Å². The first-order valence-corrected chi connectivity index (χ1v) is 14.5. The van der Waals surface area contributed by atoms with Gasteiger partial charge in [-0.1, -0.05) is 26.8 Å². The van der Waals surface area contributed by atoms with E-state index in [4.69, 9.17) is 0 Å². The zero-order chi connectivity index (χ0) is 31.9. The average molecular weight is 612 g/mol. The SMILES string of the molecule is CCCN(CC)c1cc(Nc2c(C)c(N3CC(C)(C)CC3=O)nc3cc(F)cc(F)c23)c(-c2ccc(C(F)F)c(F)c2)cn1. The van der Waals surface area contributed by atoms with E-state index in [1.165, 1.54) is 17.2 Å². The molecule has 0 saturated carbocycles. The van der Waals surface area contributed by atoms with Crippen LogP contribution in [0.2, 0.25) is 0 Å².